The Morgan fingerprint density at radius 3 is 2.42 bits per heavy atom. The highest BCUT2D eigenvalue weighted by atomic mass is 32.2. The first-order valence-electron chi connectivity index (χ1n) is 9.40. The molecule has 0 aliphatic carbocycles. The summed E-state index contributed by atoms with van der Waals surface area (Å²) in [4.78, 5) is 15.1. The smallest absolute Gasteiger partial charge is 0.244 e. The first kappa shape index (κ1) is 19.2. The Morgan fingerprint density at radius 2 is 1.77 bits per heavy atom. The van der Waals surface area contributed by atoms with Gasteiger partial charge in [0.05, 0.1) is 12.0 Å². The lowest BCUT2D eigenvalue weighted by Gasteiger charge is -2.29. The molecule has 144 valence electrons. The average Bonchev–Trinajstić information content (AvgIpc) is 2.98. The van der Waals surface area contributed by atoms with Gasteiger partial charge in [0.15, 0.2) is 0 Å². The quantitative estimate of drug-likeness (QED) is 0.805. The number of carbonyl (C=O) groups is 1. The third kappa shape index (κ3) is 3.74. The molecule has 2 heterocycles. The Hall–Kier alpha value is -1.60. The number of rotatable bonds is 4. The van der Waals surface area contributed by atoms with Gasteiger partial charge in [-0.15, -0.1) is 0 Å². The summed E-state index contributed by atoms with van der Waals surface area (Å²) in [5.41, 5.74) is 0.665. The molecule has 0 saturated carbocycles. The Labute approximate surface area is 156 Å². The van der Waals surface area contributed by atoms with Gasteiger partial charge >= 0.3 is 0 Å². The molecule has 1 aromatic carbocycles. The van der Waals surface area contributed by atoms with E-state index in [0.717, 1.165) is 38.8 Å². The Kier molecular flexibility index (Phi) is 5.87. The monoisotopic (exact) mass is 380 g/mol. The van der Waals surface area contributed by atoms with Crippen LogP contribution >= 0.6 is 0 Å². The van der Waals surface area contributed by atoms with E-state index in [1.54, 1.807) is 25.1 Å². The van der Waals surface area contributed by atoms with Crippen LogP contribution in [0.1, 0.15) is 44.1 Å². The van der Waals surface area contributed by atoms with Crippen LogP contribution in [0, 0.1) is 6.92 Å². The first-order chi connectivity index (χ1) is 12.4. The van der Waals surface area contributed by atoms with Crippen molar-refractivity contribution in [3.63, 3.8) is 0 Å². The van der Waals surface area contributed by atoms with Gasteiger partial charge in [-0.05, 0) is 44.2 Å². The number of carbonyl (C=O) groups excluding carboxylic acids is 1. The Balaban J connectivity index is 1.88. The molecule has 0 N–H and O–H groups in total. The molecule has 3 rings (SSSR count). The van der Waals surface area contributed by atoms with Crippen molar-refractivity contribution < 1.29 is 17.9 Å². The molecule has 1 aromatic rings. The number of ether oxygens (including phenoxy) is 1. The van der Waals surface area contributed by atoms with Crippen LogP contribution < -0.4 is 4.74 Å². The van der Waals surface area contributed by atoms with Gasteiger partial charge in [-0.25, -0.2) is 8.42 Å². The zero-order chi connectivity index (χ0) is 18.7. The molecule has 0 bridgehead atoms. The number of likely N-dealkylation sites (tertiary alicyclic amines) is 1. The van der Waals surface area contributed by atoms with Crippen molar-refractivity contribution in [1.29, 1.82) is 0 Å². The number of amides is 1. The van der Waals surface area contributed by atoms with Crippen LogP contribution in [0.5, 0.6) is 5.75 Å². The van der Waals surface area contributed by atoms with Crippen LogP contribution in [0.15, 0.2) is 23.1 Å². The van der Waals surface area contributed by atoms with Crippen LogP contribution in [-0.4, -0.2) is 56.3 Å². The summed E-state index contributed by atoms with van der Waals surface area (Å²) in [6.45, 7) is 3.64. The zero-order valence-electron chi connectivity index (χ0n) is 15.6. The van der Waals surface area contributed by atoms with Crippen LogP contribution in [-0.2, 0) is 14.8 Å². The molecule has 26 heavy (non-hydrogen) atoms. The van der Waals surface area contributed by atoms with Crippen LogP contribution in [0.4, 0.5) is 0 Å². The summed E-state index contributed by atoms with van der Waals surface area (Å²) in [5.74, 6) is 0.470. The number of nitrogens with zero attached hydrogens (tertiary/aromatic N) is 2. The molecule has 0 unspecified atom stereocenters. The lowest BCUT2D eigenvalue weighted by molar-refractivity contribution is -0.134. The summed E-state index contributed by atoms with van der Waals surface area (Å²) in [7, 11) is -2.22. The van der Waals surface area contributed by atoms with Gasteiger partial charge in [0.25, 0.3) is 0 Å². The number of aryl methyl sites for hydroxylation is 1. The lowest BCUT2D eigenvalue weighted by Crippen LogP contribution is -2.48. The van der Waals surface area contributed by atoms with Crippen LogP contribution in [0.2, 0.25) is 0 Å². The maximum atomic E-state index is 13.3. The fourth-order valence-corrected chi connectivity index (χ4v) is 5.78. The molecule has 2 saturated heterocycles. The number of benzene rings is 1. The summed E-state index contributed by atoms with van der Waals surface area (Å²) >= 11 is 0. The maximum absolute atomic E-state index is 13.3. The number of hydrogen-bond acceptors (Lipinski definition) is 4. The molecule has 6 nitrogen and oxygen atoms in total. The molecule has 1 amide bonds. The predicted molar refractivity (Wildman–Crippen MR) is 99.7 cm³/mol. The SMILES string of the molecule is COc1ccc(C)c(S(=O)(=O)N2CCC[C@H]2C(=O)N2CCCCCC2)c1. The van der Waals surface area contributed by atoms with E-state index in [9.17, 15) is 13.2 Å². The van der Waals surface area contributed by atoms with Crippen molar-refractivity contribution in [3.8, 4) is 5.75 Å². The molecule has 2 aliphatic heterocycles. The third-order valence-electron chi connectivity index (χ3n) is 5.39. The van der Waals surface area contributed by atoms with Gasteiger partial charge in [0.1, 0.15) is 11.8 Å². The molecule has 7 heteroatoms. The van der Waals surface area contributed by atoms with E-state index in [4.69, 9.17) is 4.74 Å². The van der Waals surface area contributed by atoms with E-state index in [2.05, 4.69) is 0 Å². The van der Waals surface area contributed by atoms with Gasteiger partial charge in [-0.3, -0.25) is 4.79 Å². The Morgan fingerprint density at radius 1 is 1.08 bits per heavy atom. The lowest BCUT2D eigenvalue weighted by atomic mass is 10.2. The third-order valence-corrected chi connectivity index (χ3v) is 7.44. The van der Waals surface area contributed by atoms with Gasteiger partial charge in [0.2, 0.25) is 15.9 Å². The minimum atomic E-state index is -3.74. The van der Waals surface area contributed by atoms with E-state index in [-0.39, 0.29) is 10.8 Å². The van der Waals surface area contributed by atoms with Crippen molar-refractivity contribution in [2.45, 2.75) is 56.4 Å². The fraction of sp³-hybridized carbons (Fsp3) is 0.632. The van der Waals surface area contributed by atoms with E-state index in [1.165, 1.54) is 11.4 Å². The first-order valence-corrected chi connectivity index (χ1v) is 10.8. The largest absolute Gasteiger partial charge is 0.497 e. The number of methoxy groups -OCH3 is 1. The molecule has 1 atom stereocenters. The van der Waals surface area contributed by atoms with Crippen molar-refractivity contribution in [1.82, 2.24) is 9.21 Å². The number of hydrogen-bond donors (Lipinski definition) is 0. The Bertz CT molecular complexity index is 755. The van der Waals surface area contributed by atoms with Gasteiger partial charge in [-0.1, -0.05) is 18.9 Å². The molecular formula is C19H28N2O4S. The fourth-order valence-electron chi connectivity index (χ4n) is 3.89. The summed E-state index contributed by atoms with van der Waals surface area (Å²) < 4.78 is 33.2. The van der Waals surface area contributed by atoms with E-state index < -0.39 is 16.1 Å². The van der Waals surface area contributed by atoms with Crippen molar-refractivity contribution >= 4 is 15.9 Å². The molecule has 2 aliphatic rings. The predicted octanol–water partition coefficient (Wildman–Crippen LogP) is 2.56. The van der Waals surface area contributed by atoms with Crippen molar-refractivity contribution in [2.24, 2.45) is 0 Å². The standard InChI is InChI=1S/C19H28N2O4S/c1-15-9-10-16(25-2)14-18(15)26(23,24)21-13-7-8-17(21)19(22)20-11-5-3-4-6-12-20/h9-10,14,17H,3-8,11-13H2,1-2H3/t17-/m0/s1. The number of sulfonamides is 1. The molecular weight excluding hydrogens is 352 g/mol. The van der Waals surface area contributed by atoms with Crippen LogP contribution in [0.25, 0.3) is 0 Å². The maximum Gasteiger partial charge on any atom is 0.244 e. The zero-order valence-corrected chi connectivity index (χ0v) is 16.4. The van der Waals surface area contributed by atoms with Crippen molar-refractivity contribution in [3.05, 3.63) is 23.8 Å². The summed E-state index contributed by atoms with van der Waals surface area (Å²) in [6.07, 6.45) is 5.59. The second kappa shape index (κ2) is 7.96. The summed E-state index contributed by atoms with van der Waals surface area (Å²) in [6, 6.07) is 4.46. The van der Waals surface area contributed by atoms with Gasteiger partial charge < -0.3 is 9.64 Å². The molecule has 0 spiro atoms. The second-order valence-electron chi connectivity index (χ2n) is 7.14. The molecule has 0 aromatic heterocycles. The van der Waals surface area contributed by atoms with E-state index in [0.29, 0.717) is 30.7 Å². The highest BCUT2D eigenvalue weighted by molar-refractivity contribution is 7.89. The molecule has 2 fully saturated rings. The van der Waals surface area contributed by atoms with Crippen LogP contribution in [0.3, 0.4) is 0 Å². The van der Waals surface area contributed by atoms with Gasteiger partial charge in [0, 0.05) is 25.7 Å². The van der Waals surface area contributed by atoms with E-state index >= 15 is 0 Å². The minimum absolute atomic E-state index is 0.0338. The van der Waals surface area contributed by atoms with Gasteiger partial charge in [-0.2, -0.15) is 4.31 Å². The highest BCUT2D eigenvalue weighted by Crippen LogP contribution is 2.31. The summed E-state index contributed by atoms with van der Waals surface area (Å²) in [5, 5.41) is 0. The normalized spacial score (nSPS) is 22.2. The van der Waals surface area contributed by atoms with E-state index in [1.807, 2.05) is 4.90 Å². The topological polar surface area (TPSA) is 66.9 Å². The van der Waals surface area contributed by atoms with Crippen molar-refractivity contribution in [2.75, 3.05) is 26.7 Å². The second-order valence-corrected chi connectivity index (χ2v) is 9.00. The molecule has 0 radical (unpaired) electrons. The highest BCUT2D eigenvalue weighted by Gasteiger charge is 2.41. The minimum Gasteiger partial charge on any atom is -0.497 e. The average molecular weight is 381 g/mol.